The van der Waals surface area contributed by atoms with Crippen molar-refractivity contribution in [3.63, 3.8) is 0 Å². The first kappa shape index (κ1) is 13.9. The molecule has 2 rings (SSSR count). The Bertz CT molecular complexity index is 433. The first-order valence-electron chi connectivity index (χ1n) is 6.50. The number of halogens is 2. The van der Waals surface area contributed by atoms with E-state index < -0.39 is 18.9 Å². The highest BCUT2D eigenvalue weighted by molar-refractivity contribution is 5.77. The van der Waals surface area contributed by atoms with E-state index in [2.05, 4.69) is 5.32 Å². The van der Waals surface area contributed by atoms with Gasteiger partial charge in [-0.3, -0.25) is 4.79 Å². The molecule has 1 saturated heterocycles. The van der Waals surface area contributed by atoms with Gasteiger partial charge in [-0.25, -0.2) is 8.78 Å². The molecular weight excluding hydrogens is 250 g/mol. The number of rotatable bonds is 4. The van der Waals surface area contributed by atoms with Crippen LogP contribution in [0.4, 0.5) is 8.78 Å². The van der Waals surface area contributed by atoms with Crippen LogP contribution in [0, 0.1) is 0 Å². The van der Waals surface area contributed by atoms with Gasteiger partial charge in [0.2, 0.25) is 0 Å². The molecule has 1 atom stereocenters. The molecule has 1 aromatic carbocycles. The molecular formula is C14H18F2N2O. The maximum absolute atomic E-state index is 13.8. The van der Waals surface area contributed by atoms with Crippen molar-refractivity contribution >= 4 is 5.91 Å². The lowest BCUT2D eigenvalue weighted by molar-refractivity contribution is -0.123. The monoisotopic (exact) mass is 268 g/mol. The Balaban J connectivity index is 2.07. The van der Waals surface area contributed by atoms with E-state index in [9.17, 15) is 13.6 Å². The van der Waals surface area contributed by atoms with E-state index in [1.165, 1.54) is 0 Å². The Labute approximate surface area is 111 Å². The highest BCUT2D eigenvalue weighted by atomic mass is 19.1. The molecule has 0 radical (unpaired) electrons. The second-order valence-corrected chi connectivity index (χ2v) is 4.76. The van der Waals surface area contributed by atoms with E-state index in [1.807, 2.05) is 11.4 Å². The highest BCUT2D eigenvalue weighted by Crippen LogP contribution is 2.27. The van der Waals surface area contributed by atoms with Gasteiger partial charge in [-0.1, -0.05) is 24.3 Å². The van der Waals surface area contributed by atoms with Crippen LogP contribution < -0.4 is 10.6 Å². The standard InChI is InChI=1S/C14H18F2N2O/c15-9-13(19)18-14(16)12-3-1-2-11(8-12)10-4-6-17-7-5-10/h1-3,8,10,14,17H,4-7,9H2,(H,18,19). The molecule has 1 unspecified atom stereocenters. The largest absolute Gasteiger partial charge is 0.320 e. The van der Waals surface area contributed by atoms with E-state index in [4.69, 9.17) is 0 Å². The summed E-state index contributed by atoms with van der Waals surface area (Å²) >= 11 is 0. The molecule has 5 heteroatoms. The lowest BCUT2D eigenvalue weighted by atomic mass is 9.89. The molecule has 1 aliphatic rings. The van der Waals surface area contributed by atoms with Crippen LogP contribution in [0.5, 0.6) is 0 Å². The molecule has 2 N–H and O–H groups in total. The average molecular weight is 268 g/mol. The fourth-order valence-electron chi connectivity index (χ4n) is 2.39. The predicted octanol–water partition coefficient (Wildman–Crippen LogP) is 2.21. The average Bonchev–Trinajstić information content (AvgIpc) is 2.48. The molecule has 0 aliphatic carbocycles. The second-order valence-electron chi connectivity index (χ2n) is 4.76. The summed E-state index contributed by atoms with van der Waals surface area (Å²) in [6, 6.07) is 7.12. The molecule has 1 fully saturated rings. The van der Waals surface area contributed by atoms with Gasteiger partial charge in [0.25, 0.3) is 5.91 Å². The van der Waals surface area contributed by atoms with Gasteiger partial charge in [0, 0.05) is 5.56 Å². The van der Waals surface area contributed by atoms with Gasteiger partial charge in [-0.05, 0) is 37.4 Å². The zero-order valence-corrected chi connectivity index (χ0v) is 10.7. The van der Waals surface area contributed by atoms with E-state index in [0.717, 1.165) is 31.5 Å². The van der Waals surface area contributed by atoms with Crippen molar-refractivity contribution in [2.75, 3.05) is 19.8 Å². The summed E-state index contributed by atoms with van der Waals surface area (Å²) in [5.74, 6) is -0.509. The molecule has 0 saturated carbocycles. The summed E-state index contributed by atoms with van der Waals surface area (Å²) in [5.41, 5.74) is 1.45. The molecule has 0 spiro atoms. The van der Waals surface area contributed by atoms with Crippen molar-refractivity contribution in [3.05, 3.63) is 35.4 Å². The molecule has 1 heterocycles. The number of alkyl halides is 2. The zero-order chi connectivity index (χ0) is 13.7. The Morgan fingerprint density at radius 3 is 2.84 bits per heavy atom. The van der Waals surface area contributed by atoms with Gasteiger partial charge in [-0.2, -0.15) is 0 Å². The minimum Gasteiger partial charge on any atom is -0.320 e. The molecule has 3 nitrogen and oxygen atoms in total. The second kappa shape index (κ2) is 6.61. The molecule has 1 aliphatic heterocycles. The first-order chi connectivity index (χ1) is 9.20. The summed E-state index contributed by atoms with van der Waals surface area (Å²) in [7, 11) is 0. The number of hydrogen-bond acceptors (Lipinski definition) is 2. The smallest absolute Gasteiger partial charge is 0.253 e. The van der Waals surface area contributed by atoms with Crippen LogP contribution in [-0.4, -0.2) is 25.7 Å². The summed E-state index contributed by atoms with van der Waals surface area (Å²) in [5, 5.41) is 5.27. The van der Waals surface area contributed by atoms with Crippen molar-refractivity contribution in [2.45, 2.75) is 25.1 Å². The van der Waals surface area contributed by atoms with Crippen molar-refractivity contribution in [3.8, 4) is 0 Å². The van der Waals surface area contributed by atoms with Crippen LogP contribution in [0.1, 0.15) is 36.2 Å². The number of amides is 1. The van der Waals surface area contributed by atoms with Gasteiger partial charge in [0.1, 0.15) is 0 Å². The lowest BCUT2D eigenvalue weighted by Gasteiger charge is -2.23. The van der Waals surface area contributed by atoms with Crippen molar-refractivity contribution in [2.24, 2.45) is 0 Å². The number of piperidine rings is 1. The van der Waals surface area contributed by atoms with E-state index in [-0.39, 0.29) is 0 Å². The minimum atomic E-state index is -1.65. The summed E-state index contributed by atoms with van der Waals surface area (Å²) < 4.78 is 25.9. The van der Waals surface area contributed by atoms with Crippen molar-refractivity contribution in [1.29, 1.82) is 0 Å². The van der Waals surface area contributed by atoms with Gasteiger partial charge in [0.05, 0.1) is 0 Å². The van der Waals surface area contributed by atoms with Crippen LogP contribution in [-0.2, 0) is 4.79 Å². The highest BCUT2D eigenvalue weighted by Gasteiger charge is 2.18. The van der Waals surface area contributed by atoms with Crippen LogP contribution in [0.15, 0.2) is 24.3 Å². The Kier molecular flexibility index (Phi) is 4.85. The predicted molar refractivity (Wildman–Crippen MR) is 69.3 cm³/mol. The maximum atomic E-state index is 13.8. The number of benzene rings is 1. The number of nitrogens with one attached hydrogen (secondary N) is 2. The van der Waals surface area contributed by atoms with Gasteiger partial charge >= 0.3 is 0 Å². The summed E-state index contributed by atoms with van der Waals surface area (Å²) in [4.78, 5) is 10.8. The van der Waals surface area contributed by atoms with Crippen molar-refractivity contribution < 1.29 is 13.6 Å². The van der Waals surface area contributed by atoms with E-state index >= 15 is 0 Å². The van der Waals surface area contributed by atoms with Gasteiger partial charge < -0.3 is 10.6 Å². The molecule has 0 aromatic heterocycles. The number of carbonyl (C=O) groups excluding carboxylic acids is 1. The fraction of sp³-hybridized carbons (Fsp3) is 0.500. The van der Waals surface area contributed by atoms with Crippen LogP contribution in [0.25, 0.3) is 0 Å². The molecule has 1 aromatic rings. The third-order valence-electron chi connectivity index (χ3n) is 3.42. The van der Waals surface area contributed by atoms with Crippen molar-refractivity contribution in [1.82, 2.24) is 10.6 Å². The molecule has 104 valence electrons. The van der Waals surface area contributed by atoms with Crippen LogP contribution in [0.3, 0.4) is 0 Å². The van der Waals surface area contributed by atoms with E-state index in [1.54, 1.807) is 18.2 Å². The molecule has 1 amide bonds. The zero-order valence-electron chi connectivity index (χ0n) is 10.7. The van der Waals surface area contributed by atoms with E-state index in [0.29, 0.717) is 11.5 Å². The summed E-state index contributed by atoms with van der Waals surface area (Å²) in [6.45, 7) is 0.730. The Morgan fingerprint density at radius 1 is 1.42 bits per heavy atom. The maximum Gasteiger partial charge on any atom is 0.253 e. The minimum absolute atomic E-state index is 0.373. The third-order valence-corrected chi connectivity index (χ3v) is 3.42. The normalized spacial score (nSPS) is 18.0. The van der Waals surface area contributed by atoms with Crippen LogP contribution in [0.2, 0.25) is 0 Å². The van der Waals surface area contributed by atoms with Crippen LogP contribution >= 0.6 is 0 Å². The molecule has 0 bridgehead atoms. The Morgan fingerprint density at radius 2 is 2.16 bits per heavy atom. The SMILES string of the molecule is O=C(CF)NC(F)c1cccc(C2CCNCC2)c1. The first-order valence-corrected chi connectivity index (χ1v) is 6.50. The Hall–Kier alpha value is -1.49. The molecule has 19 heavy (non-hydrogen) atoms. The topological polar surface area (TPSA) is 41.1 Å². The van der Waals surface area contributed by atoms with Gasteiger partial charge in [-0.15, -0.1) is 0 Å². The van der Waals surface area contributed by atoms with Gasteiger partial charge in [0.15, 0.2) is 13.0 Å². The number of carbonyl (C=O) groups is 1. The lowest BCUT2D eigenvalue weighted by Crippen LogP contribution is -2.28. The quantitative estimate of drug-likeness (QED) is 0.822. The number of hydrogen-bond donors (Lipinski definition) is 2. The fourth-order valence-corrected chi connectivity index (χ4v) is 2.39. The summed E-state index contributed by atoms with van der Waals surface area (Å²) in [6.07, 6.45) is 0.402. The third kappa shape index (κ3) is 3.73.